The van der Waals surface area contributed by atoms with E-state index in [-0.39, 0.29) is 0 Å². The van der Waals surface area contributed by atoms with Crippen molar-refractivity contribution in [3.63, 3.8) is 0 Å². The van der Waals surface area contributed by atoms with Crippen molar-refractivity contribution in [2.75, 3.05) is 0 Å². The highest BCUT2D eigenvalue weighted by molar-refractivity contribution is 6.32. The van der Waals surface area contributed by atoms with E-state index >= 15 is 0 Å². The van der Waals surface area contributed by atoms with Gasteiger partial charge < -0.3 is 9.84 Å². The first kappa shape index (κ1) is 13.9. The summed E-state index contributed by atoms with van der Waals surface area (Å²) in [4.78, 5) is 0. The molecule has 2 aromatic carbocycles. The van der Waals surface area contributed by atoms with Gasteiger partial charge in [0.1, 0.15) is 11.5 Å². The Morgan fingerprint density at radius 3 is 2.63 bits per heavy atom. The second kappa shape index (κ2) is 6.09. The van der Waals surface area contributed by atoms with E-state index in [9.17, 15) is 5.11 Å². The van der Waals surface area contributed by atoms with Crippen LogP contribution in [0.5, 0.6) is 11.5 Å². The van der Waals surface area contributed by atoms with Gasteiger partial charge in [0.25, 0.3) is 0 Å². The molecule has 1 N–H and O–H groups in total. The molecule has 0 aliphatic carbocycles. The molecule has 0 radical (unpaired) electrons. The SMILES string of the molecule is CCc1cccc(Oc2ccc([C@H](C)O)cc2Cl)c1. The van der Waals surface area contributed by atoms with E-state index in [2.05, 4.69) is 13.0 Å². The fourth-order valence-corrected chi connectivity index (χ4v) is 2.04. The smallest absolute Gasteiger partial charge is 0.146 e. The van der Waals surface area contributed by atoms with Crippen molar-refractivity contribution < 1.29 is 9.84 Å². The van der Waals surface area contributed by atoms with Gasteiger partial charge in [0.05, 0.1) is 11.1 Å². The third-order valence-electron chi connectivity index (χ3n) is 2.97. The molecule has 3 heteroatoms. The second-order valence-electron chi connectivity index (χ2n) is 4.47. The summed E-state index contributed by atoms with van der Waals surface area (Å²) >= 11 is 6.16. The molecule has 1 atom stereocenters. The van der Waals surface area contributed by atoms with Crippen LogP contribution in [0, 0.1) is 0 Å². The topological polar surface area (TPSA) is 29.5 Å². The summed E-state index contributed by atoms with van der Waals surface area (Å²) < 4.78 is 5.77. The minimum Gasteiger partial charge on any atom is -0.456 e. The van der Waals surface area contributed by atoms with Crippen LogP contribution in [0.2, 0.25) is 5.02 Å². The summed E-state index contributed by atoms with van der Waals surface area (Å²) in [6.07, 6.45) is 0.432. The Labute approximate surface area is 118 Å². The van der Waals surface area contributed by atoms with Crippen LogP contribution >= 0.6 is 11.6 Å². The predicted octanol–water partition coefficient (Wildman–Crippen LogP) is 4.75. The number of hydrogen-bond acceptors (Lipinski definition) is 2. The maximum absolute atomic E-state index is 9.50. The van der Waals surface area contributed by atoms with Crippen molar-refractivity contribution in [1.29, 1.82) is 0 Å². The maximum atomic E-state index is 9.50. The van der Waals surface area contributed by atoms with Crippen LogP contribution in [0.25, 0.3) is 0 Å². The normalized spacial score (nSPS) is 12.2. The highest BCUT2D eigenvalue weighted by Gasteiger charge is 2.07. The zero-order valence-corrected chi connectivity index (χ0v) is 11.8. The number of hydrogen-bond donors (Lipinski definition) is 1. The summed E-state index contributed by atoms with van der Waals surface area (Å²) in [5, 5.41) is 10.00. The molecule has 0 aromatic heterocycles. The quantitative estimate of drug-likeness (QED) is 0.873. The Morgan fingerprint density at radius 2 is 2.00 bits per heavy atom. The molecule has 0 amide bonds. The average Bonchev–Trinajstić information content (AvgIpc) is 2.41. The van der Waals surface area contributed by atoms with E-state index in [1.807, 2.05) is 24.3 Å². The Balaban J connectivity index is 2.23. The molecule has 0 saturated heterocycles. The lowest BCUT2D eigenvalue weighted by atomic mass is 10.1. The van der Waals surface area contributed by atoms with Crippen molar-refractivity contribution in [3.8, 4) is 11.5 Å². The first-order valence-corrected chi connectivity index (χ1v) is 6.72. The fraction of sp³-hybridized carbons (Fsp3) is 0.250. The molecule has 19 heavy (non-hydrogen) atoms. The van der Waals surface area contributed by atoms with Crippen LogP contribution in [0.3, 0.4) is 0 Å². The number of benzene rings is 2. The molecular formula is C16H17ClO2. The zero-order valence-electron chi connectivity index (χ0n) is 11.1. The average molecular weight is 277 g/mol. The highest BCUT2D eigenvalue weighted by atomic mass is 35.5. The van der Waals surface area contributed by atoms with E-state index in [4.69, 9.17) is 16.3 Å². The third kappa shape index (κ3) is 3.49. The molecule has 0 aliphatic rings. The van der Waals surface area contributed by atoms with Crippen LogP contribution < -0.4 is 4.74 Å². The predicted molar refractivity (Wildman–Crippen MR) is 78.0 cm³/mol. The van der Waals surface area contributed by atoms with Crippen LogP contribution in [0.4, 0.5) is 0 Å². The van der Waals surface area contributed by atoms with Gasteiger partial charge in [-0.25, -0.2) is 0 Å². The van der Waals surface area contributed by atoms with Gasteiger partial charge in [0.2, 0.25) is 0 Å². The zero-order chi connectivity index (χ0) is 13.8. The Kier molecular flexibility index (Phi) is 4.46. The van der Waals surface area contributed by atoms with Crippen LogP contribution in [0.15, 0.2) is 42.5 Å². The van der Waals surface area contributed by atoms with Gasteiger partial charge >= 0.3 is 0 Å². The van der Waals surface area contributed by atoms with Gasteiger partial charge in [0, 0.05) is 0 Å². The molecular weight excluding hydrogens is 260 g/mol. The summed E-state index contributed by atoms with van der Waals surface area (Å²) in [6.45, 7) is 3.81. The van der Waals surface area contributed by atoms with E-state index < -0.39 is 6.10 Å². The molecule has 0 aliphatic heterocycles. The summed E-state index contributed by atoms with van der Waals surface area (Å²) in [5.74, 6) is 1.37. The van der Waals surface area contributed by atoms with Crippen molar-refractivity contribution in [1.82, 2.24) is 0 Å². The number of halogens is 1. The second-order valence-corrected chi connectivity index (χ2v) is 4.88. The lowest BCUT2D eigenvalue weighted by Gasteiger charge is -2.11. The number of ether oxygens (including phenoxy) is 1. The fourth-order valence-electron chi connectivity index (χ4n) is 1.82. The van der Waals surface area contributed by atoms with Gasteiger partial charge in [-0.2, -0.15) is 0 Å². The van der Waals surface area contributed by atoms with E-state index in [1.165, 1.54) is 5.56 Å². The number of aliphatic hydroxyl groups excluding tert-OH is 1. The maximum Gasteiger partial charge on any atom is 0.146 e. The first-order valence-electron chi connectivity index (χ1n) is 6.34. The minimum absolute atomic E-state index is 0.500. The summed E-state index contributed by atoms with van der Waals surface area (Å²) in [7, 11) is 0. The minimum atomic E-state index is -0.532. The van der Waals surface area contributed by atoms with E-state index in [0.29, 0.717) is 10.8 Å². The van der Waals surface area contributed by atoms with Crippen molar-refractivity contribution in [2.24, 2.45) is 0 Å². The van der Waals surface area contributed by atoms with Gasteiger partial charge in [-0.05, 0) is 48.7 Å². The van der Waals surface area contributed by atoms with Crippen LogP contribution in [-0.2, 0) is 6.42 Å². The molecule has 0 fully saturated rings. The van der Waals surface area contributed by atoms with Gasteiger partial charge in [-0.15, -0.1) is 0 Å². The van der Waals surface area contributed by atoms with Crippen molar-refractivity contribution in [2.45, 2.75) is 26.4 Å². The number of rotatable bonds is 4. The van der Waals surface area contributed by atoms with E-state index in [0.717, 1.165) is 17.7 Å². The standard InChI is InChI=1S/C16H17ClO2/c1-3-12-5-4-6-14(9-12)19-16-8-7-13(11(2)18)10-15(16)17/h4-11,18H,3H2,1-2H3/t11-/m0/s1. The number of aryl methyl sites for hydroxylation is 1. The third-order valence-corrected chi connectivity index (χ3v) is 3.27. The molecule has 2 rings (SSSR count). The first-order chi connectivity index (χ1) is 9.10. The molecule has 100 valence electrons. The van der Waals surface area contributed by atoms with Crippen LogP contribution in [-0.4, -0.2) is 5.11 Å². The summed E-state index contributed by atoms with van der Waals surface area (Å²) in [6, 6.07) is 13.2. The van der Waals surface area contributed by atoms with Crippen molar-refractivity contribution >= 4 is 11.6 Å². The molecule has 0 heterocycles. The Bertz CT molecular complexity index is 564. The Morgan fingerprint density at radius 1 is 1.21 bits per heavy atom. The molecule has 0 unspecified atom stereocenters. The Hall–Kier alpha value is -1.51. The van der Waals surface area contributed by atoms with Gasteiger partial charge in [-0.3, -0.25) is 0 Å². The lowest BCUT2D eigenvalue weighted by molar-refractivity contribution is 0.199. The molecule has 0 spiro atoms. The molecule has 2 nitrogen and oxygen atoms in total. The molecule has 0 saturated carbocycles. The summed E-state index contributed by atoms with van der Waals surface area (Å²) in [5.41, 5.74) is 1.99. The van der Waals surface area contributed by atoms with Crippen molar-refractivity contribution in [3.05, 3.63) is 58.6 Å². The lowest BCUT2D eigenvalue weighted by Crippen LogP contribution is -1.92. The molecule has 2 aromatic rings. The van der Waals surface area contributed by atoms with Gasteiger partial charge in [0.15, 0.2) is 0 Å². The van der Waals surface area contributed by atoms with E-state index in [1.54, 1.807) is 19.1 Å². The largest absolute Gasteiger partial charge is 0.456 e. The van der Waals surface area contributed by atoms with Gasteiger partial charge in [-0.1, -0.05) is 36.7 Å². The van der Waals surface area contributed by atoms with Crippen LogP contribution in [0.1, 0.15) is 31.1 Å². The monoisotopic (exact) mass is 276 g/mol. The molecule has 0 bridgehead atoms. The highest BCUT2D eigenvalue weighted by Crippen LogP contribution is 2.31. The number of aliphatic hydroxyl groups is 1.